The maximum absolute atomic E-state index is 15.0. The topological polar surface area (TPSA) is 125 Å². The Balaban J connectivity index is 1.97. The van der Waals surface area contributed by atoms with Crippen LogP contribution in [-0.2, 0) is 9.57 Å². The summed E-state index contributed by atoms with van der Waals surface area (Å²) in [6, 6.07) is 4.05. The van der Waals surface area contributed by atoms with Crippen molar-refractivity contribution in [2.24, 2.45) is 0 Å². The van der Waals surface area contributed by atoms with Crippen LogP contribution in [0.25, 0.3) is 11.1 Å². The predicted molar refractivity (Wildman–Crippen MR) is 103 cm³/mol. The number of amides is 1. The first-order valence-corrected chi connectivity index (χ1v) is 8.82. The summed E-state index contributed by atoms with van der Waals surface area (Å²) in [6.45, 7) is 3.47. The molecule has 0 aliphatic rings. The molecular weight excluding hydrogens is 456 g/mol. The Labute approximate surface area is 170 Å². The molecule has 3 rings (SSSR count). The molecule has 0 unspecified atom stereocenters. The van der Waals surface area contributed by atoms with Crippen molar-refractivity contribution in [3.63, 3.8) is 0 Å². The summed E-state index contributed by atoms with van der Waals surface area (Å²) in [6.07, 6.45) is 1.21. The van der Waals surface area contributed by atoms with E-state index in [4.69, 9.17) is 19.8 Å². The molecule has 3 aromatic rings. The molecular formula is C17H14BrF2N5O4. The third-order valence-corrected chi connectivity index (χ3v) is 4.06. The van der Waals surface area contributed by atoms with Gasteiger partial charge in [0.2, 0.25) is 5.58 Å². The lowest BCUT2D eigenvalue weighted by atomic mass is 10.2. The molecule has 0 fully saturated rings. The maximum atomic E-state index is 15.0. The normalized spacial score (nSPS) is 10.7. The van der Waals surface area contributed by atoms with E-state index in [2.05, 4.69) is 43.4 Å². The van der Waals surface area contributed by atoms with E-state index < -0.39 is 28.9 Å². The smallest absolute Gasteiger partial charge is 0.295 e. The predicted octanol–water partition coefficient (Wildman–Crippen LogP) is 3.41. The molecule has 2 heterocycles. The minimum atomic E-state index is -1.03. The standard InChI is InChI=1S/C17H14BrF2N5O4/c1-2-27-5-6-28-25-17(26)13-12(22-10-4-3-8(18)7-9(10)19)11(20)15-14(23-13)16(21)24-29-15/h2-4,7,22H,1,5-6H2,(H2,21,24)(H,25,26). The van der Waals surface area contributed by atoms with Crippen LogP contribution in [-0.4, -0.2) is 29.3 Å². The summed E-state index contributed by atoms with van der Waals surface area (Å²) in [4.78, 5) is 21.4. The third-order valence-electron chi connectivity index (χ3n) is 3.56. The zero-order valence-electron chi connectivity index (χ0n) is 14.7. The number of aromatic nitrogens is 2. The number of pyridine rings is 1. The van der Waals surface area contributed by atoms with Crippen LogP contribution in [0.15, 0.2) is 40.0 Å². The zero-order valence-corrected chi connectivity index (χ0v) is 16.3. The van der Waals surface area contributed by atoms with E-state index in [1.807, 2.05) is 0 Å². The average Bonchev–Trinajstić information content (AvgIpc) is 3.06. The van der Waals surface area contributed by atoms with Gasteiger partial charge in [-0.2, -0.15) is 0 Å². The van der Waals surface area contributed by atoms with Crippen molar-refractivity contribution in [3.8, 4) is 0 Å². The largest absolute Gasteiger partial charge is 0.499 e. The van der Waals surface area contributed by atoms with Gasteiger partial charge in [-0.15, -0.1) is 0 Å². The second-order valence-corrected chi connectivity index (χ2v) is 6.38. The molecule has 1 aromatic carbocycles. The summed E-state index contributed by atoms with van der Waals surface area (Å²) in [5.74, 6) is -2.85. The SMILES string of the molecule is C=COCCONC(=O)c1nc2c(N)noc2c(F)c1Nc1ccc(Br)cc1F. The van der Waals surface area contributed by atoms with E-state index in [0.29, 0.717) is 4.47 Å². The Morgan fingerprint density at radius 3 is 2.90 bits per heavy atom. The number of carbonyl (C=O) groups is 1. The number of hydroxylamine groups is 1. The molecule has 0 aliphatic carbocycles. The van der Waals surface area contributed by atoms with Crippen molar-refractivity contribution in [3.05, 3.63) is 52.8 Å². The second-order valence-electron chi connectivity index (χ2n) is 5.46. The van der Waals surface area contributed by atoms with Crippen LogP contribution in [0.4, 0.5) is 26.0 Å². The molecule has 0 bridgehead atoms. The van der Waals surface area contributed by atoms with Gasteiger partial charge in [-0.25, -0.2) is 19.2 Å². The monoisotopic (exact) mass is 469 g/mol. The van der Waals surface area contributed by atoms with E-state index >= 15 is 4.39 Å². The number of hydrogen-bond acceptors (Lipinski definition) is 8. The molecule has 0 aliphatic heterocycles. The van der Waals surface area contributed by atoms with Crippen LogP contribution in [0.3, 0.4) is 0 Å². The molecule has 29 heavy (non-hydrogen) atoms. The first kappa shape index (κ1) is 20.5. The molecule has 9 nitrogen and oxygen atoms in total. The van der Waals surface area contributed by atoms with E-state index in [1.54, 1.807) is 0 Å². The van der Waals surface area contributed by atoms with Gasteiger partial charge in [0.25, 0.3) is 5.91 Å². The lowest BCUT2D eigenvalue weighted by Crippen LogP contribution is -2.27. The van der Waals surface area contributed by atoms with Gasteiger partial charge in [-0.3, -0.25) is 9.63 Å². The number of nitrogens with one attached hydrogen (secondary N) is 2. The van der Waals surface area contributed by atoms with Crippen molar-refractivity contribution in [1.29, 1.82) is 0 Å². The molecule has 12 heteroatoms. The van der Waals surface area contributed by atoms with Gasteiger partial charge < -0.3 is 20.3 Å². The molecule has 4 N–H and O–H groups in total. The Hall–Kier alpha value is -3.25. The highest BCUT2D eigenvalue weighted by Gasteiger charge is 2.26. The fourth-order valence-electron chi connectivity index (χ4n) is 2.28. The first-order valence-electron chi connectivity index (χ1n) is 8.03. The van der Waals surface area contributed by atoms with Gasteiger partial charge >= 0.3 is 0 Å². The lowest BCUT2D eigenvalue weighted by Gasteiger charge is -2.13. The first-order chi connectivity index (χ1) is 13.9. The van der Waals surface area contributed by atoms with Crippen LogP contribution in [0.1, 0.15) is 10.5 Å². The summed E-state index contributed by atoms with van der Waals surface area (Å²) >= 11 is 3.13. The molecule has 0 radical (unpaired) electrons. The number of fused-ring (bicyclic) bond motifs is 1. The van der Waals surface area contributed by atoms with Gasteiger partial charge in [0.15, 0.2) is 22.8 Å². The summed E-state index contributed by atoms with van der Waals surface area (Å²) in [5, 5.41) is 5.95. The average molecular weight is 470 g/mol. The third kappa shape index (κ3) is 4.43. The fraction of sp³-hybridized carbons (Fsp3) is 0.118. The Kier molecular flexibility index (Phi) is 6.24. The number of nitrogens with zero attached hydrogens (tertiary/aromatic N) is 2. The van der Waals surface area contributed by atoms with Crippen LogP contribution in [0, 0.1) is 11.6 Å². The Bertz CT molecular complexity index is 1080. The highest BCUT2D eigenvalue weighted by atomic mass is 79.9. The van der Waals surface area contributed by atoms with Gasteiger partial charge in [0.05, 0.1) is 11.9 Å². The number of ether oxygens (including phenoxy) is 1. The van der Waals surface area contributed by atoms with E-state index in [1.165, 1.54) is 24.5 Å². The van der Waals surface area contributed by atoms with Crippen molar-refractivity contribution < 1.29 is 27.7 Å². The van der Waals surface area contributed by atoms with Crippen molar-refractivity contribution in [1.82, 2.24) is 15.6 Å². The Morgan fingerprint density at radius 2 is 2.17 bits per heavy atom. The zero-order chi connectivity index (χ0) is 21.0. The minimum Gasteiger partial charge on any atom is -0.499 e. The molecule has 2 aromatic heterocycles. The van der Waals surface area contributed by atoms with E-state index in [0.717, 1.165) is 0 Å². The number of carbonyl (C=O) groups excluding carboxylic acids is 1. The van der Waals surface area contributed by atoms with Gasteiger partial charge in [0, 0.05) is 4.47 Å². The summed E-state index contributed by atoms with van der Waals surface area (Å²) in [7, 11) is 0. The van der Waals surface area contributed by atoms with E-state index in [9.17, 15) is 9.18 Å². The number of hydrogen-bond donors (Lipinski definition) is 3. The Morgan fingerprint density at radius 1 is 1.38 bits per heavy atom. The number of nitrogens with two attached hydrogens (primary N) is 1. The van der Waals surface area contributed by atoms with Gasteiger partial charge in [-0.05, 0) is 18.2 Å². The summed E-state index contributed by atoms with van der Waals surface area (Å²) < 4.78 is 39.4. The maximum Gasteiger partial charge on any atom is 0.295 e. The lowest BCUT2D eigenvalue weighted by molar-refractivity contribution is 0.0142. The molecule has 0 atom stereocenters. The molecule has 0 spiro atoms. The number of benzene rings is 1. The summed E-state index contributed by atoms with van der Waals surface area (Å²) in [5.41, 5.74) is 6.15. The van der Waals surface area contributed by atoms with Crippen molar-refractivity contribution in [2.45, 2.75) is 0 Å². The van der Waals surface area contributed by atoms with Crippen molar-refractivity contribution >= 4 is 50.1 Å². The quantitative estimate of drug-likeness (QED) is 0.260. The highest BCUT2D eigenvalue weighted by Crippen LogP contribution is 2.32. The van der Waals surface area contributed by atoms with E-state index in [-0.39, 0.29) is 35.8 Å². The molecule has 1 amide bonds. The van der Waals surface area contributed by atoms with Gasteiger partial charge in [0.1, 0.15) is 24.7 Å². The van der Waals surface area contributed by atoms with Crippen LogP contribution >= 0.6 is 15.9 Å². The van der Waals surface area contributed by atoms with Crippen LogP contribution < -0.4 is 16.5 Å². The number of rotatable bonds is 8. The number of anilines is 3. The molecule has 152 valence electrons. The minimum absolute atomic E-state index is 0.0119. The van der Waals surface area contributed by atoms with Crippen LogP contribution in [0.5, 0.6) is 0 Å². The van der Waals surface area contributed by atoms with Crippen molar-refractivity contribution in [2.75, 3.05) is 24.3 Å². The number of nitrogen functional groups attached to an aromatic ring is 1. The second kappa shape index (κ2) is 8.84. The number of halogens is 3. The highest BCUT2D eigenvalue weighted by molar-refractivity contribution is 9.10. The van der Waals surface area contributed by atoms with Gasteiger partial charge in [-0.1, -0.05) is 27.7 Å². The van der Waals surface area contributed by atoms with Crippen LogP contribution in [0.2, 0.25) is 0 Å². The fourth-order valence-corrected chi connectivity index (χ4v) is 2.61. The molecule has 0 saturated heterocycles. The molecule has 0 saturated carbocycles.